The number of carbonyl (C=O) groups excluding carboxylic acids is 4. The molecule has 1 amide bonds. The molecule has 0 aliphatic rings. The summed E-state index contributed by atoms with van der Waals surface area (Å²) in [6.07, 6.45) is 0. The number of amides is 1. The maximum atomic E-state index is 12.3. The van der Waals surface area contributed by atoms with Crippen LogP contribution in [0.3, 0.4) is 0 Å². The first-order valence-corrected chi connectivity index (χ1v) is 8.99. The van der Waals surface area contributed by atoms with Crippen LogP contribution in [0.2, 0.25) is 5.02 Å². The minimum atomic E-state index is -0.868. The Hall–Kier alpha value is -3.79. The van der Waals surface area contributed by atoms with Gasteiger partial charge in [0.1, 0.15) is 11.3 Å². The number of halogens is 1. The molecule has 0 heterocycles. The van der Waals surface area contributed by atoms with Crippen LogP contribution in [0.5, 0.6) is 5.75 Å². The van der Waals surface area contributed by atoms with Gasteiger partial charge in [-0.15, -0.1) is 0 Å². The van der Waals surface area contributed by atoms with Crippen LogP contribution in [0.25, 0.3) is 0 Å². The number of nitrogens with one attached hydrogen (secondary N) is 1. The number of benzene rings is 2. The fraction of sp³-hybridized carbons (Fsp3) is 0.200. The zero-order valence-electron chi connectivity index (χ0n) is 16.8. The molecule has 0 aliphatic heterocycles. The van der Waals surface area contributed by atoms with Crippen LogP contribution in [0, 0.1) is 0 Å². The number of rotatable bonds is 7. The lowest BCUT2D eigenvalue weighted by Crippen LogP contribution is -2.21. The Morgan fingerprint density at radius 2 is 1.48 bits per heavy atom. The summed E-state index contributed by atoms with van der Waals surface area (Å²) < 4.78 is 19.3. The van der Waals surface area contributed by atoms with Gasteiger partial charge in [0.2, 0.25) is 0 Å². The van der Waals surface area contributed by atoms with E-state index in [1.165, 1.54) is 51.7 Å². The maximum absolute atomic E-state index is 12.3. The van der Waals surface area contributed by atoms with E-state index in [1.54, 1.807) is 0 Å². The minimum absolute atomic E-state index is 0.0129. The molecule has 2 aromatic carbocycles. The van der Waals surface area contributed by atoms with Crippen LogP contribution in [-0.4, -0.2) is 51.8 Å². The Morgan fingerprint density at radius 3 is 2.00 bits per heavy atom. The Labute approximate surface area is 182 Å². The van der Waals surface area contributed by atoms with Gasteiger partial charge in [-0.2, -0.15) is 0 Å². The highest BCUT2D eigenvalue weighted by Gasteiger charge is 2.19. The van der Waals surface area contributed by atoms with Gasteiger partial charge in [-0.1, -0.05) is 11.6 Å². The smallest absolute Gasteiger partial charge is 0.342 e. The van der Waals surface area contributed by atoms with Gasteiger partial charge in [0, 0.05) is 11.8 Å². The molecular weight excluding hydrogens is 432 g/mol. The molecule has 0 unspecified atom stereocenters. The number of hydrogen-bond donors (Lipinski definition) is 2. The van der Waals surface area contributed by atoms with E-state index in [4.69, 9.17) is 26.8 Å². The second-order valence-electron chi connectivity index (χ2n) is 5.98. The highest BCUT2D eigenvalue weighted by molar-refractivity contribution is 6.33. The number of anilines is 2. The van der Waals surface area contributed by atoms with E-state index in [0.29, 0.717) is 0 Å². The molecule has 2 aromatic rings. The van der Waals surface area contributed by atoms with Gasteiger partial charge < -0.3 is 30.0 Å². The first-order chi connectivity index (χ1) is 14.7. The molecule has 10 nitrogen and oxygen atoms in total. The van der Waals surface area contributed by atoms with Crippen LogP contribution < -0.4 is 15.8 Å². The van der Waals surface area contributed by atoms with Crippen molar-refractivity contribution in [2.75, 3.05) is 39.0 Å². The lowest BCUT2D eigenvalue weighted by atomic mass is 10.1. The highest BCUT2D eigenvalue weighted by atomic mass is 35.5. The number of ether oxygens (including phenoxy) is 4. The lowest BCUT2D eigenvalue weighted by Gasteiger charge is -2.12. The zero-order chi connectivity index (χ0) is 23.1. The lowest BCUT2D eigenvalue weighted by molar-refractivity contribution is -0.119. The Balaban J connectivity index is 2.14. The zero-order valence-corrected chi connectivity index (χ0v) is 17.6. The second kappa shape index (κ2) is 10.3. The Morgan fingerprint density at radius 1 is 0.903 bits per heavy atom. The molecular formula is C20H19ClN2O8. The average molecular weight is 451 g/mol. The molecule has 0 fully saturated rings. The van der Waals surface area contributed by atoms with E-state index in [2.05, 4.69) is 14.8 Å². The Bertz CT molecular complexity index is 1000. The van der Waals surface area contributed by atoms with Crippen LogP contribution in [0.15, 0.2) is 30.3 Å². The normalized spacial score (nSPS) is 10.1. The summed E-state index contributed by atoms with van der Waals surface area (Å²) in [5.74, 6) is -2.92. The molecule has 164 valence electrons. The number of hydrogen-bond acceptors (Lipinski definition) is 9. The van der Waals surface area contributed by atoms with Gasteiger partial charge >= 0.3 is 17.9 Å². The van der Waals surface area contributed by atoms with Crippen molar-refractivity contribution in [2.45, 2.75) is 0 Å². The second-order valence-corrected chi connectivity index (χ2v) is 6.39. The van der Waals surface area contributed by atoms with Gasteiger partial charge in [-0.3, -0.25) is 4.79 Å². The summed E-state index contributed by atoms with van der Waals surface area (Å²) in [6, 6.07) is 6.45. The molecule has 31 heavy (non-hydrogen) atoms. The predicted octanol–water partition coefficient (Wildman–Crippen LogP) is 2.30. The van der Waals surface area contributed by atoms with E-state index < -0.39 is 30.4 Å². The monoisotopic (exact) mass is 450 g/mol. The molecule has 2 rings (SSSR count). The van der Waals surface area contributed by atoms with E-state index in [0.717, 1.165) is 0 Å². The number of carbonyl (C=O) groups is 4. The third-order valence-electron chi connectivity index (χ3n) is 3.93. The van der Waals surface area contributed by atoms with Gasteiger partial charge in [-0.05, 0) is 24.3 Å². The van der Waals surface area contributed by atoms with Crippen LogP contribution >= 0.6 is 11.6 Å². The molecule has 3 N–H and O–H groups in total. The van der Waals surface area contributed by atoms with E-state index in [1.807, 2.05) is 0 Å². The largest absolute Gasteiger partial charge is 0.496 e. The van der Waals surface area contributed by atoms with Crippen molar-refractivity contribution in [2.24, 2.45) is 0 Å². The maximum Gasteiger partial charge on any atom is 0.342 e. The average Bonchev–Trinajstić information content (AvgIpc) is 2.77. The van der Waals surface area contributed by atoms with E-state index in [9.17, 15) is 19.2 Å². The number of esters is 3. The van der Waals surface area contributed by atoms with Crippen molar-refractivity contribution in [1.82, 2.24) is 0 Å². The van der Waals surface area contributed by atoms with Crippen LogP contribution in [0.4, 0.5) is 11.4 Å². The standard InChI is InChI=1S/C20H19ClN2O8/c1-28-16-8-15(22)14(21)7-13(16)20(27)31-9-17(24)23-12-5-10(18(25)29-2)4-11(6-12)19(26)30-3/h4-8H,9,22H2,1-3H3,(H,23,24). The molecule has 0 atom stereocenters. The summed E-state index contributed by atoms with van der Waals surface area (Å²) in [4.78, 5) is 48.2. The Kier molecular flexibility index (Phi) is 7.81. The van der Waals surface area contributed by atoms with Crippen LogP contribution in [-0.2, 0) is 19.0 Å². The van der Waals surface area contributed by atoms with E-state index in [-0.39, 0.29) is 38.8 Å². The predicted molar refractivity (Wildman–Crippen MR) is 110 cm³/mol. The first-order valence-electron chi connectivity index (χ1n) is 8.61. The molecule has 0 bridgehead atoms. The molecule has 11 heteroatoms. The van der Waals surface area contributed by atoms with Crippen LogP contribution in [0.1, 0.15) is 31.1 Å². The van der Waals surface area contributed by atoms with Crippen molar-refractivity contribution < 1.29 is 38.1 Å². The third kappa shape index (κ3) is 5.86. The van der Waals surface area contributed by atoms with Gasteiger partial charge in [0.15, 0.2) is 6.61 Å². The quantitative estimate of drug-likeness (QED) is 0.368. The van der Waals surface area contributed by atoms with Gasteiger partial charge in [-0.25, -0.2) is 14.4 Å². The molecule has 0 spiro atoms. The molecule has 0 saturated carbocycles. The summed E-state index contributed by atoms with van der Waals surface area (Å²) in [5, 5.41) is 2.55. The summed E-state index contributed by atoms with van der Waals surface area (Å²) >= 11 is 5.92. The molecule has 0 aromatic heterocycles. The number of nitrogen functional groups attached to an aromatic ring is 1. The summed E-state index contributed by atoms with van der Waals surface area (Å²) in [7, 11) is 3.67. The summed E-state index contributed by atoms with van der Waals surface area (Å²) in [5.41, 5.74) is 5.98. The highest BCUT2D eigenvalue weighted by Crippen LogP contribution is 2.29. The van der Waals surface area contributed by atoms with Crippen molar-refractivity contribution >= 4 is 46.8 Å². The van der Waals surface area contributed by atoms with Crippen molar-refractivity contribution in [1.29, 1.82) is 0 Å². The molecule has 0 saturated heterocycles. The topological polar surface area (TPSA) is 143 Å². The molecule has 0 aliphatic carbocycles. The summed E-state index contributed by atoms with van der Waals surface area (Å²) in [6.45, 7) is -0.667. The first kappa shape index (κ1) is 23.5. The van der Waals surface area contributed by atoms with Crippen molar-refractivity contribution in [3.63, 3.8) is 0 Å². The minimum Gasteiger partial charge on any atom is -0.496 e. The van der Waals surface area contributed by atoms with Crippen molar-refractivity contribution in [3.05, 3.63) is 52.0 Å². The van der Waals surface area contributed by atoms with E-state index >= 15 is 0 Å². The number of nitrogens with two attached hydrogens (primary N) is 1. The van der Waals surface area contributed by atoms with Crippen molar-refractivity contribution in [3.8, 4) is 5.75 Å². The fourth-order valence-electron chi connectivity index (χ4n) is 2.47. The third-order valence-corrected chi connectivity index (χ3v) is 4.26. The molecule has 0 radical (unpaired) electrons. The fourth-order valence-corrected chi connectivity index (χ4v) is 2.64. The van der Waals surface area contributed by atoms with Gasteiger partial charge in [0.05, 0.1) is 43.2 Å². The number of methoxy groups -OCH3 is 3. The SMILES string of the molecule is COC(=O)c1cc(NC(=O)COC(=O)c2cc(Cl)c(N)cc2OC)cc(C(=O)OC)c1. The van der Waals surface area contributed by atoms with Gasteiger partial charge in [0.25, 0.3) is 5.91 Å².